The van der Waals surface area contributed by atoms with Gasteiger partial charge in [-0.25, -0.2) is 0 Å². The van der Waals surface area contributed by atoms with Crippen LogP contribution in [-0.4, -0.2) is 7.11 Å². The normalized spacial score (nSPS) is 10.3. The lowest BCUT2D eigenvalue weighted by atomic mass is 10.2. The van der Waals surface area contributed by atoms with Gasteiger partial charge in [0, 0.05) is 12.5 Å². The number of hydrogen-bond acceptors (Lipinski definition) is 3. The van der Waals surface area contributed by atoms with Gasteiger partial charge in [0.05, 0.1) is 5.56 Å². The van der Waals surface area contributed by atoms with Gasteiger partial charge in [-0.15, -0.1) is 0 Å². The van der Waals surface area contributed by atoms with Crippen molar-refractivity contribution in [1.82, 2.24) is 0 Å². The first kappa shape index (κ1) is 8.79. The van der Waals surface area contributed by atoms with E-state index >= 15 is 0 Å². The standard InChI is InChI=1S/C11H9NO2/c1-13-7-10-5-8-3-2-4-9(6-12)11(8)14-10/h2-5H,7H2,1H3. The van der Waals surface area contributed by atoms with E-state index in [2.05, 4.69) is 6.07 Å². The summed E-state index contributed by atoms with van der Waals surface area (Å²) in [4.78, 5) is 0. The maximum absolute atomic E-state index is 8.83. The highest BCUT2D eigenvalue weighted by Crippen LogP contribution is 2.22. The second kappa shape index (κ2) is 3.52. The van der Waals surface area contributed by atoms with E-state index in [1.54, 1.807) is 13.2 Å². The molecule has 14 heavy (non-hydrogen) atoms. The molecule has 3 nitrogen and oxygen atoms in total. The molecule has 2 rings (SSSR count). The van der Waals surface area contributed by atoms with Crippen molar-refractivity contribution in [3.05, 3.63) is 35.6 Å². The summed E-state index contributed by atoms with van der Waals surface area (Å²) >= 11 is 0. The lowest BCUT2D eigenvalue weighted by molar-refractivity contribution is 0.166. The Balaban J connectivity index is 2.60. The quantitative estimate of drug-likeness (QED) is 0.725. The van der Waals surface area contributed by atoms with E-state index in [4.69, 9.17) is 14.4 Å². The van der Waals surface area contributed by atoms with Gasteiger partial charge in [-0.2, -0.15) is 5.26 Å². The van der Waals surface area contributed by atoms with Crippen LogP contribution in [0.1, 0.15) is 11.3 Å². The minimum absolute atomic E-state index is 0.430. The van der Waals surface area contributed by atoms with E-state index in [0.29, 0.717) is 17.8 Å². The summed E-state index contributed by atoms with van der Waals surface area (Å²) in [6.07, 6.45) is 0. The lowest BCUT2D eigenvalue weighted by Gasteiger charge is -1.91. The number of methoxy groups -OCH3 is 1. The van der Waals surface area contributed by atoms with E-state index in [1.165, 1.54) is 0 Å². The van der Waals surface area contributed by atoms with Crippen molar-refractivity contribution in [2.45, 2.75) is 6.61 Å². The summed E-state index contributed by atoms with van der Waals surface area (Å²) in [5.74, 6) is 0.741. The smallest absolute Gasteiger partial charge is 0.152 e. The third-order valence-electron chi connectivity index (χ3n) is 2.00. The minimum Gasteiger partial charge on any atom is -0.457 e. The molecule has 0 spiro atoms. The van der Waals surface area contributed by atoms with E-state index in [-0.39, 0.29) is 0 Å². The zero-order chi connectivity index (χ0) is 9.97. The number of fused-ring (bicyclic) bond motifs is 1. The highest BCUT2D eigenvalue weighted by atomic mass is 16.5. The van der Waals surface area contributed by atoms with Crippen molar-refractivity contribution in [3.63, 3.8) is 0 Å². The topological polar surface area (TPSA) is 46.2 Å². The van der Waals surface area contributed by atoms with Crippen LogP contribution in [0.15, 0.2) is 28.7 Å². The second-order valence-electron chi connectivity index (χ2n) is 2.98. The molecule has 0 aliphatic heterocycles. The molecule has 0 saturated carbocycles. The molecule has 0 unspecified atom stereocenters. The number of benzene rings is 1. The van der Waals surface area contributed by atoms with E-state index in [9.17, 15) is 0 Å². The molecule has 1 aromatic carbocycles. The lowest BCUT2D eigenvalue weighted by Crippen LogP contribution is -1.81. The number of hydrogen-bond donors (Lipinski definition) is 0. The zero-order valence-electron chi connectivity index (χ0n) is 7.78. The van der Waals surface area contributed by atoms with Crippen LogP contribution in [-0.2, 0) is 11.3 Å². The van der Waals surface area contributed by atoms with Gasteiger partial charge in [0.25, 0.3) is 0 Å². The van der Waals surface area contributed by atoms with Crippen molar-refractivity contribution < 1.29 is 9.15 Å². The van der Waals surface area contributed by atoms with Gasteiger partial charge in [0.1, 0.15) is 18.4 Å². The molecule has 0 bridgehead atoms. The van der Waals surface area contributed by atoms with Crippen molar-refractivity contribution in [2.75, 3.05) is 7.11 Å². The summed E-state index contributed by atoms with van der Waals surface area (Å²) in [6, 6.07) is 9.47. The molecule has 0 fully saturated rings. The van der Waals surface area contributed by atoms with Gasteiger partial charge < -0.3 is 9.15 Å². The minimum atomic E-state index is 0.430. The Bertz CT molecular complexity index is 493. The summed E-state index contributed by atoms with van der Waals surface area (Å²) in [5, 5.41) is 9.77. The monoisotopic (exact) mass is 187 g/mol. The Morgan fingerprint density at radius 2 is 2.36 bits per heavy atom. The zero-order valence-corrected chi connectivity index (χ0v) is 7.78. The summed E-state index contributed by atoms with van der Waals surface area (Å²) in [5.41, 5.74) is 1.20. The molecule has 0 saturated heterocycles. The molecule has 0 radical (unpaired) electrons. The molecule has 1 heterocycles. The summed E-state index contributed by atoms with van der Waals surface area (Å²) in [7, 11) is 1.61. The second-order valence-corrected chi connectivity index (χ2v) is 2.98. The first-order chi connectivity index (χ1) is 6.85. The molecule has 3 heteroatoms. The van der Waals surface area contributed by atoms with Gasteiger partial charge in [-0.05, 0) is 12.1 Å². The average molecular weight is 187 g/mol. The molecule has 0 aliphatic carbocycles. The van der Waals surface area contributed by atoms with Crippen LogP contribution in [0.3, 0.4) is 0 Å². The summed E-state index contributed by atoms with van der Waals surface area (Å²) < 4.78 is 10.4. The van der Waals surface area contributed by atoms with Crippen LogP contribution in [0.4, 0.5) is 0 Å². The third-order valence-corrected chi connectivity index (χ3v) is 2.00. The number of nitrogens with zero attached hydrogens (tertiary/aromatic N) is 1. The number of nitriles is 1. The number of ether oxygens (including phenoxy) is 1. The highest BCUT2D eigenvalue weighted by molar-refractivity contribution is 5.83. The first-order valence-electron chi connectivity index (χ1n) is 4.25. The molecular weight excluding hydrogens is 178 g/mol. The maximum atomic E-state index is 8.83. The van der Waals surface area contributed by atoms with Crippen LogP contribution in [0.5, 0.6) is 0 Å². The molecule has 0 amide bonds. The Labute approximate surface area is 81.5 Å². The Kier molecular flexibility index (Phi) is 2.21. The van der Waals surface area contributed by atoms with Gasteiger partial charge in [0.2, 0.25) is 0 Å². The van der Waals surface area contributed by atoms with Crippen LogP contribution < -0.4 is 0 Å². The SMILES string of the molecule is COCc1cc2cccc(C#N)c2o1. The number of furan rings is 1. The van der Waals surface area contributed by atoms with E-state index in [1.807, 2.05) is 18.2 Å². The number of para-hydroxylation sites is 1. The summed E-state index contributed by atoms with van der Waals surface area (Å²) in [6.45, 7) is 0.430. The van der Waals surface area contributed by atoms with Crippen molar-refractivity contribution in [3.8, 4) is 6.07 Å². The van der Waals surface area contributed by atoms with Crippen molar-refractivity contribution in [1.29, 1.82) is 5.26 Å². The van der Waals surface area contributed by atoms with Crippen molar-refractivity contribution >= 4 is 11.0 Å². The number of rotatable bonds is 2. The predicted molar refractivity (Wildman–Crippen MR) is 51.6 cm³/mol. The van der Waals surface area contributed by atoms with Gasteiger partial charge >= 0.3 is 0 Å². The maximum Gasteiger partial charge on any atom is 0.152 e. The highest BCUT2D eigenvalue weighted by Gasteiger charge is 2.06. The molecule has 0 aliphatic rings. The molecule has 2 aromatic rings. The largest absolute Gasteiger partial charge is 0.457 e. The van der Waals surface area contributed by atoms with Gasteiger partial charge in [0.15, 0.2) is 5.58 Å². The van der Waals surface area contributed by atoms with Crippen LogP contribution in [0.2, 0.25) is 0 Å². The average Bonchev–Trinajstić information content (AvgIpc) is 2.60. The van der Waals surface area contributed by atoms with E-state index in [0.717, 1.165) is 11.1 Å². The molecule has 1 aromatic heterocycles. The Morgan fingerprint density at radius 1 is 1.50 bits per heavy atom. The van der Waals surface area contributed by atoms with Crippen LogP contribution >= 0.6 is 0 Å². The van der Waals surface area contributed by atoms with E-state index < -0.39 is 0 Å². The van der Waals surface area contributed by atoms with Gasteiger partial charge in [-0.3, -0.25) is 0 Å². The first-order valence-corrected chi connectivity index (χ1v) is 4.25. The molecule has 0 N–H and O–H groups in total. The van der Waals surface area contributed by atoms with Crippen LogP contribution in [0.25, 0.3) is 11.0 Å². The van der Waals surface area contributed by atoms with Crippen molar-refractivity contribution in [2.24, 2.45) is 0 Å². The third kappa shape index (κ3) is 1.36. The Morgan fingerprint density at radius 3 is 3.07 bits per heavy atom. The Hall–Kier alpha value is -1.79. The van der Waals surface area contributed by atoms with Crippen LogP contribution in [0, 0.1) is 11.3 Å². The van der Waals surface area contributed by atoms with Gasteiger partial charge in [-0.1, -0.05) is 12.1 Å². The molecule has 0 atom stereocenters. The molecule has 70 valence electrons. The fourth-order valence-corrected chi connectivity index (χ4v) is 1.42. The predicted octanol–water partition coefficient (Wildman–Crippen LogP) is 2.45. The fraction of sp³-hybridized carbons (Fsp3) is 0.182. The fourth-order valence-electron chi connectivity index (χ4n) is 1.42. The molecular formula is C11H9NO2.